The maximum Gasteiger partial charge on any atom is 0.325 e. The molecule has 0 N–H and O–H groups in total. The van der Waals surface area contributed by atoms with Gasteiger partial charge in [0.2, 0.25) is 7.60 Å². The summed E-state index contributed by atoms with van der Waals surface area (Å²) in [7, 11) is -2.98. The zero-order chi connectivity index (χ0) is 6.62. The smallest absolute Gasteiger partial charge is 0.325 e. The first-order valence-corrected chi connectivity index (χ1v) is 3.28. The van der Waals surface area contributed by atoms with Crippen LogP contribution in [-0.2, 0) is 9.09 Å². The predicted octanol–water partition coefficient (Wildman–Crippen LogP) is -0.556. The molecule has 0 aliphatic carbocycles. The molecular weight excluding hydrogens is 131 g/mol. The zero-order valence-corrected chi connectivity index (χ0v) is 5.04. The molecule has 0 aromatic rings. The second kappa shape index (κ2) is 2.74. The molecule has 0 rings (SSSR count). The first-order chi connectivity index (χ1) is 3.62. The van der Waals surface area contributed by atoms with Crippen LogP contribution in [0.3, 0.4) is 0 Å². The van der Waals surface area contributed by atoms with Crippen LogP contribution in [0.15, 0.2) is 0 Å². The van der Waals surface area contributed by atoms with Crippen molar-refractivity contribution in [2.24, 2.45) is 0 Å². The van der Waals surface area contributed by atoms with Crippen molar-refractivity contribution in [2.75, 3.05) is 7.11 Å². The molecule has 5 nitrogen and oxygen atoms in total. The summed E-state index contributed by atoms with van der Waals surface area (Å²) in [6.45, 7) is 0. The van der Waals surface area contributed by atoms with Crippen molar-refractivity contribution < 1.29 is 18.8 Å². The molecule has 0 bridgehead atoms. The second-order valence-corrected chi connectivity index (χ2v) is 2.63. The quantitative estimate of drug-likeness (QED) is 0.220. The van der Waals surface area contributed by atoms with Gasteiger partial charge in [-0.25, -0.2) is 0 Å². The maximum atomic E-state index is 10.1. The standard InChI is InChI=1S/C2H5N2O3P/c1-7-8(5,6)2-4-3/h2H,1H3,(H,5,6)/p-1. The third kappa shape index (κ3) is 2.66. The van der Waals surface area contributed by atoms with E-state index in [2.05, 4.69) is 9.31 Å². The Morgan fingerprint density at radius 2 is 2.50 bits per heavy atom. The van der Waals surface area contributed by atoms with E-state index >= 15 is 0 Å². The molecule has 0 aromatic heterocycles. The fourth-order valence-corrected chi connectivity index (χ4v) is 0.331. The van der Waals surface area contributed by atoms with Crippen LogP contribution in [-0.4, -0.2) is 17.9 Å². The fourth-order valence-electron chi connectivity index (χ4n) is 0.110. The van der Waals surface area contributed by atoms with E-state index in [-0.39, 0.29) is 0 Å². The third-order valence-corrected chi connectivity index (χ3v) is 1.34. The maximum absolute atomic E-state index is 10.1. The Morgan fingerprint density at radius 3 is 2.62 bits per heavy atom. The highest BCUT2D eigenvalue weighted by atomic mass is 31.2. The van der Waals surface area contributed by atoms with Crippen molar-refractivity contribution in [3.05, 3.63) is 5.53 Å². The Kier molecular flexibility index (Phi) is 2.58. The van der Waals surface area contributed by atoms with Crippen LogP contribution >= 0.6 is 7.60 Å². The van der Waals surface area contributed by atoms with Gasteiger partial charge in [0.15, 0.2) is 0 Å². The predicted molar refractivity (Wildman–Crippen MR) is 24.3 cm³/mol. The lowest BCUT2D eigenvalue weighted by Gasteiger charge is -2.07. The summed E-state index contributed by atoms with van der Waals surface area (Å²) >= 11 is 0. The highest BCUT2D eigenvalue weighted by Gasteiger charge is 2.04. The second-order valence-electron chi connectivity index (χ2n) is 0.953. The molecule has 0 spiro atoms. The first-order valence-electron chi connectivity index (χ1n) is 1.67. The van der Waals surface area contributed by atoms with Crippen LogP contribution in [0.5, 0.6) is 0 Å². The lowest BCUT2D eigenvalue weighted by atomic mass is 11.7. The number of hydrogen-bond donors (Lipinski definition) is 0. The average Bonchev–Trinajstić information content (AvgIpc) is 1.67. The van der Waals surface area contributed by atoms with Gasteiger partial charge < -0.3 is 14.9 Å². The van der Waals surface area contributed by atoms with E-state index in [1.54, 1.807) is 0 Å². The molecule has 0 heterocycles. The highest BCUT2D eigenvalue weighted by Crippen LogP contribution is 2.29. The summed E-state index contributed by atoms with van der Waals surface area (Å²) in [4.78, 5) is 12.3. The lowest BCUT2D eigenvalue weighted by Crippen LogP contribution is -2.02. The minimum Gasteiger partial charge on any atom is -0.770 e. The van der Waals surface area contributed by atoms with Gasteiger partial charge in [0.25, 0.3) is 0 Å². The fraction of sp³-hybridized carbons (Fsp3) is 0.500. The van der Waals surface area contributed by atoms with Gasteiger partial charge >= 0.3 is 5.96 Å². The Morgan fingerprint density at radius 1 is 2.00 bits per heavy atom. The molecule has 0 aliphatic heterocycles. The van der Waals surface area contributed by atoms with Crippen LogP contribution in [0.1, 0.15) is 0 Å². The van der Waals surface area contributed by atoms with E-state index in [9.17, 15) is 9.46 Å². The Labute approximate surface area is 46.1 Å². The molecule has 1 atom stereocenters. The van der Waals surface area contributed by atoms with Crippen molar-refractivity contribution in [3.63, 3.8) is 0 Å². The average molecular weight is 135 g/mol. The SMILES string of the molecule is COP(=O)([O-])C=[N+]=[N-]. The van der Waals surface area contributed by atoms with Crippen LogP contribution in [0, 0.1) is 0 Å². The molecule has 0 fully saturated rings. The van der Waals surface area contributed by atoms with Gasteiger partial charge in [0, 0.05) is 7.11 Å². The van der Waals surface area contributed by atoms with Gasteiger partial charge in [-0.15, -0.1) is 0 Å². The molecule has 1 unspecified atom stereocenters. The van der Waals surface area contributed by atoms with E-state index in [1.807, 2.05) is 0 Å². The van der Waals surface area contributed by atoms with Crippen molar-refractivity contribution in [3.8, 4) is 0 Å². The lowest BCUT2D eigenvalue weighted by molar-refractivity contribution is -0.192. The summed E-state index contributed by atoms with van der Waals surface area (Å²) in [5, 5.41) is 0. The molecular formula is C2H4N2O3P-. The largest absolute Gasteiger partial charge is 0.770 e. The summed E-state index contributed by atoms with van der Waals surface area (Å²) in [5.74, 6) is 0.326. The summed E-state index contributed by atoms with van der Waals surface area (Å²) in [6.07, 6.45) is 0. The van der Waals surface area contributed by atoms with Gasteiger partial charge in [-0.3, -0.25) is 4.57 Å². The van der Waals surface area contributed by atoms with Crippen LogP contribution in [0.2, 0.25) is 0 Å². The Balaban J connectivity index is 4.14. The molecule has 46 valence electrons. The molecule has 0 amide bonds. The normalized spacial score (nSPS) is 16.2. The van der Waals surface area contributed by atoms with Crippen molar-refractivity contribution in [1.29, 1.82) is 0 Å². The Hall–Kier alpha value is -0.470. The minimum atomic E-state index is -3.97. The third-order valence-electron chi connectivity index (χ3n) is 0.448. The number of hydrogen-bond acceptors (Lipinski definition) is 3. The van der Waals surface area contributed by atoms with E-state index in [0.29, 0.717) is 5.96 Å². The van der Waals surface area contributed by atoms with Crippen molar-refractivity contribution in [1.82, 2.24) is 0 Å². The first kappa shape index (κ1) is 7.53. The van der Waals surface area contributed by atoms with Crippen LogP contribution in [0.4, 0.5) is 0 Å². The molecule has 0 radical (unpaired) electrons. The van der Waals surface area contributed by atoms with Gasteiger partial charge in [-0.2, -0.15) is 4.79 Å². The van der Waals surface area contributed by atoms with E-state index < -0.39 is 7.60 Å². The van der Waals surface area contributed by atoms with Gasteiger partial charge in [0.05, 0.1) is 0 Å². The summed E-state index contributed by atoms with van der Waals surface area (Å²) < 4.78 is 14.0. The highest BCUT2D eigenvalue weighted by molar-refractivity contribution is 7.67. The molecule has 6 heteroatoms. The molecule has 0 aromatic carbocycles. The Bertz CT molecular complexity index is 161. The van der Waals surface area contributed by atoms with Gasteiger partial charge in [-0.1, -0.05) is 0 Å². The number of nitrogens with zero attached hydrogens (tertiary/aromatic N) is 2. The molecule has 0 saturated carbocycles. The summed E-state index contributed by atoms with van der Waals surface area (Å²) in [5.41, 5.74) is 7.65. The van der Waals surface area contributed by atoms with E-state index in [4.69, 9.17) is 5.53 Å². The van der Waals surface area contributed by atoms with E-state index in [1.165, 1.54) is 0 Å². The van der Waals surface area contributed by atoms with E-state index in [0.717, 1.165) is 7.11 Å². The molecule has 0 aliphatic rings. The van der Waals surface area contributed by atoms with Gasteiger partial charge in [-0.05, 0) is 0 Å². The topological polar surface area (TPSA) is 85.8 Å². The zero-order valence-electron chi connectivity index (χ0n) is 4.14. The van der Waals surface area contributed by atoms with Crippen LogP contribution in [0.25, 0.3) is 5.53 Å². The van der Waals surface area contributed by atoms with Gasteiger partial charge in [0.1, 0.15) is 0 Å². The number of rotatable bonds is 2. The minimum absolute atomic E-state index is 0.326. The van der Waals surface area contributed by atoms with Crippen molar-refractivity contribution in [2.45, 2.75) is 0 Å². The van der Waals surface area contributed by atoms with Crippen molar-refractivity contribution >= 4 is 13.6 Å². The summed E-state index contributed by atoms with van der Waals surface area (Å²) in [6, 6.07) is 0. The van der Waals surface area contributed by atoms with Crippen LogP contribution < -0.4 is 4.89 Å². The molecule has 8 heavy (non-hydrogen) atoms. The monoisotopic (exact) mass is 135 g/mol. The molecule has 0 saturated heterocycles.